The quantitative estimate of drug-likeness (QED) is 0.193. The molecule has 40 heavy (non-hydrogen) atoms. The Morgan fingerprint density at radius 2 is 1.73 bits per heavy atom. The Bertz CT molecular complexity index is 1250. The highest BCUT2D eigenvalue weighted by Crippen LogP contribution is 2.49. The van der Waals surface area contributed by atoms with Gasteiger partial charge in [0.15, 0.2) is 12.1 Å². The van der Waals surface area contributed by atoms with Gasteiger partial charge in [-0.05, 0) is 17.7 Å². The number of hydrogen-bond donors (Lipinski definition) is 9. The van der Waals surface area contributed by atoms with Crippen molar-refractivity contribution < 1.29 is 69.7 Å². The normalized spacial score (nSPS) is 35.8. The number of Topliss-reactive ketones (excluding diaryl/α,β-unsaturated/α-hetero) is 1. The van der Waals surface area contributed by atoms with Crippen LogP contribution in [0.1, 0.15) is 40.1 Å². The van der Waals surface area contributed by atoms with Crippen LogP contribution in [0, 0.1) is 0 Å². The van der Waals surface area contributed by atoms with E-state index in [1.54, 1.807) is 12.1 Å². The van der Waals surface area contributed by atoms with Gasteiger partial charge >= 0.3 is 0 Å². The summed E-state index contributed by atoms with van der Waals surface area (Å²) < 4.78 is 22.2. The van der Waals surface area contributed by atoms with Crippen LogP contribution in [0.5, 0.6) is 23.0 Å². The fourth-order valence-electron chi connectivity index (χ4n) is 5.19. The van der Waals surface area contributed by atoms with E-state index in [1.165, 1.54) is 12.1 Å². The smallest absolute Gasteiger partial charge is 0.187 e. The average Bonchev–Trinajstić information content (AvgIpc) is 3.21. The maximum atomic E-state index is 13.1. The van der Waals surface area contributed by atoms with Crippen molar-refractivity contribution in [2.24, 2.45) is 0 Å². The summed E-state index contributed by atoms with van der Waals surface area (Å²) in [4.78, 5) is 13.1. The Labute approximate surface area is 226 Å². The minimum Gasteiger partial charge on any atom is -0.508 e. The largest absolute Gasteiger partial charge is 0.508 e. The minimum absolute atomic E-state index is 0.0203. The summed E-state index contributed by atoms with van der Waals surface area (Å²) in [5.41, 5.74) is -2.18. The van der Waals surface area contributed by atoms with Crippen LogP contribution in [0.4, 0.5) is 0 Å². The molecule has 14 nitrogen and oxygen atoms in total. The molecule has 9 atom stereocenters. The Morgan fingerprint density at radius 3 is 2.35 bits per heavy atom. The Kier molecular flexibility index (Phi) is 7.64. The molecule has 0 spiro atoms. The summed E-state index contributed by atoms with van der Waals surface area (Å²) in [6, 6.07) is 7.03. The van der Waals surface area contributed by atoms with E-state index in [4.69, 9.17) is 18.9 Å². The molecule has 0 saturated carbocycles. The molecule has 3 aliphatic rings. The molecule has 0 bridgehead atoms. The van der Waals surface area contributed by atoms with Crippen molar-refractivity contribution in [3.05, 3.63) is 47.0 Å². The molecule has 0 aromatic heterocycles. The van der Waals surface area contributed by atoms with Crippen molar-refractivity contribution in [2.45, 2.75) is 61.0 Å². The molecule has 0 amide bonds. The number of carbonyl (C=O) groups excluding carboxylic acids is 1. The lowest BCUT2D eigenvalue weighted by Crippen LogP contribution is -2.58. The zero-order chi connectivity index (χ0) is 28.9. The van der Waals surface area contributed by atoms with Gasteiger partial charge in [0.05, 0.1) is 31.8 Å². The zero-order valence-corrected chi connectivity index (χ0v) is 20.9. The van der Waals surface area contributed by atoms with Gasteiger partial charge in [-0.25, -0.2) is 0 Å². The number of aliphatic hydroxyl groups is 6. The number of ether oxygens (including phenoxy) is 4. The zero-order valence-electron chi connectivity index (χ0n) is 20.9. The molecule has 1 unspecified atom stereocenters. The molecule has 2 fully saturated rings. The molecule has 9 N–H and O–H groups in total. The molecule has 14 heteroatoms. The maximum Gasteiger partial charge on any atom is 0.187 e. The molecule has 3 heterocycles. The molecule has 5 rings (SSSR count). The minimum atomic E-state index is -2.03. The number of fused-ring (bicyclic) bond motifs is 1. The number of aliphatic hydroxyl groups excluding tert-OH is 5. The van der Waals surface area contributed by atoms with Crippen molar-refractivity contribution in [1.29, 1.82) is 0 Å². The van der Waals surface area contributed by atoms with E-state index >= 15 is 0 Å². The fraction of sp³-hybridized carbons (Fsp3) is 0.500. The lowest BCUT2D eigenvalue weighted by molar-refractivity contribution is -0.287. The molecular weight excluding hydrogens is 536 g/mol. The van der Waals surface area contributed by atoms with Crippen LogP contribution in [0.15, 0.2) is 30.3 Å². The van der Waals surface area contributed by atoms with Crippen LogP contribution in [0.2, 0.25) is 0 Å². The van der Waals surface area contributed by atoms with Gasteiger partial charge in [-0.1, -0.05) is 12.1 Å². The van der Waals surface area contributed by atoms with Crippen LogP contribution in [-0.2, 0) is 14.2 Å². The van der Waals surface area contributed by atoms with Crippen molar-refractivity contribution in [3.63, 3.8) is 0 Å². The number of hydrogen-bond acceptors (Lipinski definition) is 14. The second kappa shape index (κ2) is 10.7. The first-order valence-corrected chi connectivity index (χ1v) is 12.5. The SMILES string of the molecule is O=C1CC(c2ccc(O)cc2)Oc2cc(O)c([C@@H]3O[C@H](CO)[C@H](O[C@@H]4OC[C@](O)(CO)[C@H]4O)[C@H](O)[C@H]3O)c(O)c21. The Hall–Kier alpha value is -3.05. The van der Waals surface area contributed by atoms with Crippen LogP contribution in [0.25, 0.3) is 0 Å². The molecule has 218 valence electrons. The number of phenolic OH excluding ortho intramolecular Hbond substituents is 3. The summed E-state index contributed by atoms with van der Waals surface area (Å²) in [5.74, 6) is -2.05. The van der Waals surface area contributed by atoms with Crippen molar-refractivity contribution >= 4 is 5.78 Å². The summed E-state index contributed by atoms with van der Waals surface area (Å²) >= 11 is 0. The lowest BCUT2D eigenvalue weighted by Gasteiger charge is -2.43. The third-order valence-electron chi connectivity index (χ3n) is 7.49. The molecule has 2 aromatic rings. The number of ketones is 1. The van der Waals surface area contributed by atoms with E-state index < -0.39 is 97.3 Å². The van der Waals surface area contributed by atoms with Crippen molar-refractivity contribution in [2.75, 3.05) is 19.8 Å². The number of benzene rings is 2. The molecule has 3 aliphatic heterocycles. The van der Waals surface area contributed by atoms with Gasteiger partial charge in [-0.3, -0.25) is 4.79 Å². The Balaban J connectivity index is 1.40. The number of phenols is 3. The van der Waals surface area contributed by atoms with Gasteiger partial charge < -0.3 is 64.9 Å². The predicted octanol–water partition coefficient (Wildman–Crippen LogP) is -1.51. The average molecular weight is 567 g/mol. The summed E-state index contributed by atoms with van der Waals surface area (Å²) in [5, 5.41) is 92.8. The lowest BCUT2D eigenvalue weighted by atomic mass is 9.87. The van der Waals surface area contributed by atoms with E-state index in [0.717, 1.165) is 6.07 Å². The highest BCUT2D eigenvalue weighted by Gasteiger charge is 2.53. The first kappa shape index (κ1) is 28.5. The highest BCUT2D eigenvalue weighted by atomic mass is 16.7. The summed E-state index contributed by atoms with van der Waals surface area (Å²) in [6.07, 6.45) is -12.5. The fourth-order valence-corrected chi connectivity index (χ4v) is 5.19. The second-order valence-corrected chi connectivity index (χ2v) is 10.1. The van der Waals surface area contributed by atoms with Crippen molar-refractivity contribution in [1.82, 2.24) is 0 Å². The van der Waals surface area contributed by atoms with Crippen LogP contribution >= 0.6 is 0 Å². The number of rotatable bonds is 6. The van der Waals surface area contributed by atoms with Gasteiger partial charge in [0.2, 0.25) is 0 Å². The first-order chi connectivity index (χ1) is 19.0. The van der Waals surface area contributed by atoms with Crippen LogP contribution in [-0.4, -0.2) is 114 Å². The third kappa shape index (κ3) is 4.76. The summed E-state index contributed by atoms with van der Waals surface area (Å²) in [6.45, 7) is -2.13. The van der Waals surface area contributed by atoms with Crippen molar-refractivity contribution in [3.8, 4) is 23.0 Å². The highest BCUT2D eigenvalue weighted by molar-refractivity contribution is 6.03. The molecule has 2 aromatic carbocycles. The van der Waals surface area contributed by atoms with Gasteiger partial charge in [-0.2, -0.15) is 0 Å². The van der Waals surface area contributed by atoms with E-state index in [-0.39, 0.29) is 23.5 Å². The van der Waals surface area contributed by atoms with Crippen LogP contribution in [0.3, 0.4) is 0 Å². The van der Waals surface area contributed by atoms with E-state index in [9.17, 15) is 50.8 Å². The van der Waals surface area contributed by atoms with E-state index in [1.807, 2.05) is 0 Å². The van der Waals surface area contributed by atoms with Crippen LogP contribution < -0.4 is 4.74 Å². The number of aromatic hydroxyl groups is 3. The topological polar surface area (TPSA) is 236 Å². The van der Waals surface area contributed by atoms with E-state index in [2.05, 4.69) is 0 Å². The molecule has 0 aliphatic carbocycles. The molecular formula is C26H30O14. The van der Waals surface area contributed by atoms with E-state index in [0.29, 0.717) is 5.56 Å². The molecule has 0 radical (unpaired) electrons. The predicted molar refractivity (Wildman–Crippen MR) is 130 cm³/mol. The standard InChI is InChI=1S/C26H30O14/c27-7-16-22(40-25-24(35)26(36,8-28)9-37-25)20(33)21(34)23(39-16)18-13(31)6-15-17(19(18)32)12(30)5-14(38-15)10-1-3-11(29)4-2-10/h1-4,6,14,16,20-25,27-29,31-36H,5,7-9H2/t14?,16-,20-,21-,22+,23+,24+,25+,26-/m1/s1. The second-order valence-electron chi connectivity index (χ2n) is 10.1. The third-order valence-corrected chi connectivity index (χ3v) is 7.49. The Morgan fingerprint density at radius 1 is 1.02 bits per heavy atom. The summed E-state index contributed by atoms with van der Waals surface area (Å²) in [7, 11) is 0. The van der Waals surface area contributed by atoms with Gasteiger partial charge in [0.25, 0.3) is 0 Å². The first-order valence-electron chi connectivity index (χ1n) is 12.5. The maximum absolute atomic E-state index is 13.1. The van der Waals surface area contributed by atoms with Gasteiger partial charge in [0, 0.05) is 6.07 Å². The van der Waals surface area contributed by atoms with Gasteiger partial charge in [-0.15, -0.1) is 0 Å². The molecule has 2 saturated heterocycles. The number of carbonyl (C=O) groups is 1. The van der Waals surface area contributed by atoms with Gasteiger partial charge in [0.1, 0.15) is 76.9 Å². The monoisotopic (exact) mass is 566 g/mol.